The fourth-order valence-corrected chi connectivity index (χ4v) is 5.78. The third kappa shape index (κ3) is 16.9. The van der Waals surface area contributed by atoms with E-state index in [4.69, 9.17) is 10.5 Å². The zero-order valence-corrected chi connectivity index (χ0v) is 30.7. The lowest BCUT2D eigenvalue weighted by Gasteiger charge is -2.27. The van der Waals surface area contributed by atoms with Gasteiger partial charge >= 0.3 is 5.97 Å². The number of rotatable bonds is 23. The van der Waals surface area contributed by atoms with Crippen LogP contribution in [0, 0.1) is 0 Å². The number of hydrogen-bond donors (Lipinski definition) is 4. The number of unbranched alkanes of at least 4 members (excludes halogenated alkanes) is 5. The van der Waals surface area contributed by atoms with E-state index in [1.165, 1.54) is 42.6 Å². The number of aromatic hydroxyl groups is 1. The summed E-state index contributed by atoms with van der Waals surface area (Å²) >= 11 is 0. The molecule has 0 aromatic heterocycles. The molecule has 12 nitrogen and oxygen atoms in total. The minimum absolute atomic E-state index is 0.00850. The number of esters is 1. The lowest BCUT2D eigenvalue weighted by Crippen LogP contribution is -2.56. The molecule has 50 heavy (non-hydrogen) atoms. The standard InChI is InChI=1S/C37H55N5O7S/c1-5-6-7-8-9-13-23-49-34(44)20-22-42(3)37(47)33(26-28-14-11-10-12-15-28)41-35(45)31(21-24-50(4)48)40-36(46)32(39-27(2)38)25-29-16-18-30(43)19-17-29/h10-12,14-19,31-33,43H,5-9,13,20-26H2,1-4H3,(H2,38,39)(H,40,46)(H,41,45)/t31-,32+,33+,50?/m1/s1. The van der Waals surface area contributed by atoms with Crippen LogP contribution in [-0.4, -0.2) is 94.1 Å². The number of nitrogens with zero attached hydrogens (tertiary/aromatic N) is 2. The molecule has 2 rings (SSSR count). The molecule has 2 aromatic carbocycles. The highest BCUT2D eigenvalue weighted by Crippen LogP contribution is 2.14. The highest BCUT2D eigenvalue weighted by Gasteiger charge is 2.31. The first-order valence-electron chi connectivity index (χ1n) is 17.3. The Morgan fingerprint density at radius 3 is 2.16 bits per heavy atom. The maximum atomic E-state index is 13.8. The summed E-state index contributed by atoms with van der Waals surface area (Å²) in [6, 6.07) is 12.4. The molecule has 4 atom stereocenters. The van der Waals surface area contributed by atoms with Crippen molar-refractivity contribution < 1.29 is 33.2 Å². The molecule has 13 heteroatoms. The van der Waals surface area contributed by atoms with Crippen LogP contribution in [0.3, 0.4) is 0 Å². The summed E-state index contributed by atoms with van der Waals surface area (Å²) in [4.78, 5) is 59.1. The quantitative estimate of drug-likeness (QED) is 0.0585. The summed E-state index contributed by atoms with van der Waals surface area (Å²) < 4.78 is 17.4. The number of hydrogen-bond acceptors (Lipinski definition) is 8. The van der Waals surface area contributed by atoms with Gasteiger partial charge in [-0.25, -0.2) is 0 Å². The number of likely N-dealkylation sites (N-methyl/N-ethyl adjacent to an activating group) is 1. The number of phenols is 1. The van der Waals surface area contributed by atoms with E-state index in [9.17, 15) is 28.5 Å². The highest BCUT2D eigenvalue weighted by molar-refractivity contribution is 7.84. The van der Waals surface area contributed by atoms with Crippen LogP contribution in [0.1, 0.15) is 76.3 Å². The number of carbonyl (C=O) groups is 4. The summed E-state index contributed by atoms with van der Waals surface area (Å²) in [5.41, 5.74) is 7.35. The molecule has 276 valence electrons. The fourth-order valence-electron chi connectivity index (χ4n) is 5.22. The molecule has 0 saturated heterocycles. The number of phenolic OH excluding ortho intramolecular Hbond substituents is 1. The largest absolute Gasteiger partial charge is 0.508 e. The van der Waals surface area contributed by atoms with E-state index >= 15 is 0 Å². The second kappa shape index (κ2) is 23.2. The normalized spacial score (nSPS) is 13.8. The summed E-state index contributed by atoms with van der Waals surface area (Å²) in [6.45, 7) is 4.15. The maximum absolute atomic E-state index is 13.8. The van der Waals surface area contributed by atoms with Gasteiger partial charge in [-0.1, -0.05) is 81.5 Å². The van der Waals surface area contributed by atoms with Crippen LogP contribution in [0.15, 0.2) is 59.6 Å². The van der Waals surface area contributed by atoms with E-state index in [0.717, 1.165) is 24.8 Å². The second-order valence-electron chi connectivity index (χ2n) is 12.5. The van der Waals surface area contributed by atoms with Crippen molar-refractivity contribution in [1.29, 1.82) is 0 Å². The van der Waals surface area contributed by atoms with E-state index in [2.05, 4.69) is 22.5 Å². The van der Waals surface area contributed by atoms with Gasteiger partial charge < -0.3 is 31.1 Å². The van der Waals surface area contributed by atoms with E-state index in [-0.39, 0.29) is 49.6 Å². The zero-order chi connectivity index (χ0) is 36.9. The molecule has 3 amide bonds. The van der Waals surface area contributed by atoms with E-state index in [0.29, 0.717) is 12.2 Å². The van der Waals surface area contributed by atoms with Crippen LogP contribution >= 0.6 is 0 Å². The van der Waals surface area contributed by atoms with Crippen LogP contribution in [-0.2, 0) is 47.6 Å². The van der Waals surface area contributed by atoms with Gasteiger partial charge in [-0.2, -0.15) is 0 Å². The Balaban J connectivity index is 2.15. The Morgan fingerprint density at radius 2 is 1.52 bits per heavy atom. The molecule has 0 bridgehead atoms. The van der Waals surface area contributed by atoms with Crippen molar-refractivity contribution in [3.8, 4) is 5.75 Å². The van der Waals surface area contributed by atoms with Crippen molar-refractivity contribution in [3.63, 3.8) is 0 Å². The van der Waals surface area contributed by atoms with Crippen LogP contribution < -0.4 is 16.4 Å². The summed E-state index contributed by atoms with van der Waals surface area (Å²) in [5, 5.41) is 15.2. The van der Waals surface area contributed by atoms with Crippen LogP contribution in [0.5, 0.6) is 5.75 Å². The van der Waals surface area contributed by atoms with Gasteiger partial charge in [-0.3, -0.25) is 28.4 Å². The smallest absolute Gasteiger partial charge is 0.307 e. The molecule has 0 spiro atoms. The Morgan fingerprint density at radius 1 is 0.900 bits per heavy atom. The van der Waals surface area contributed by atoms with Gasteiger partial charge in [0.2, 0.25) is 17.7 Å². The molecule has 1 unspecified atom stereocenters. The maximum Gasteiger partial charge on any atom is 0.307 e. The number of amidine groups is 1. The monoisotopic (exact) mass is 713 g/mol. The van der Waals surface area contributed by atoms with Gasteiger partial charge in [0.25, 0.3) is 0 Å². The predicted octanol–water partition coefficient (Wildman–Crippen LogP) is 3.41. The Kier molecular flexibility index (Phi) is 19.4. The molecule has 0 radical (unpaired) electrons. The predicted molar refractivity (Wildman–Crippen MR) is 197 cm³/mol. The lowest BCUT2D eigenvalue weighted by molar-refractivity contribution is -0.145. The first-order valence-corrected chi connectivity index (χ1v) is 19.0. The number of benzene rings is 2. The van der Waals surface area contributed by atoms with Crippen molar-refractivity contribution in [1.82, 2.24) is 15.5 Å². The first kappa shape index (κ1) is 41.9. The molecule has 0 aliphatic rings. The summed E-state index contributed by atoms with van der Waals surface area (Å²) in [5.74, 6) is -1.64. The SMILES string of the molecule is CCCCCCCCOC(=O)CCN(C)C(=O)[C@H](Cc1ccccc1)NC(=O)[C@@H](CCS(C)=O)NC(=O)[C@H](Cc1ccc(O)cc1)N=C(C)N. The second-order valence-corrected chi connectivity index (χ2v) is 14.1. The summed E-state index contributed by atoms with van der Waals surface area (Å²) in [6.07, 6.45) is 8.33. The van der Waals surface area contributed by atoms with Crippen molar-refractivity contribution in [2.75, 3.05) is 32.2 Å². The molecule has 0 saturated carbocycles. The van der Waals surface area contributed by atoms with Crippen molar-refractivity contribution in [3.05, 3.63) is 65.7 Å². The van der Waals surface area contributed by atoms with Gasteiger partial charge in [0.1, 0.15) is 23.9 Å². The molecule has 0 aliphatic heterocycles. The number of aliphatic imine (C=N–C) groups is 1. The van der Waals surface area contributed by atoms with Crippen LogP contribution in [0.25, 0.3) is 0 Å². The Hall–Kier alpha value is -4.26. The van der Waals surface area contributed by atoms with Crippen molar-refractivity contribution in [2.24, 2.45) is 10.7 Å². The van der Waals surface area contributed by atoms with Gasteiger partial charge in [0.05, 0.1) is 18.9 Å². The van der Waals surface area contributed by atoms with E-state index in [1.807, 2.05) is 30.3 Å². The Bertz CT molecular complexity index is 1400. The molecular formula is C37H55N5O7S. The minimum Gasteiger partial charge on any atom is -0.508 e. The number of amides is 3. The van der Waals surface area contributed by atoms with Gasteiger partial charge in [0, 0.05) is 49.2 Å². The van der Waals surface area contributed by atoms with E-state index < -0.39 is 52.6 Å². The van der Waals surface area contributed by atoms with Crippen LogP contribution in [0.2, 0.25) is 0 Å². The average molecular weight is 714 g/mol. The third-order valence-corrected chi connectivity index (χ3v) is 8.85. The molecule has 5 N–H and O–H groups in total. The summed E-state index contributed by atoms with van der Waals surface area (Å²) in [7, 11) is 0.298. The molecule has 2 aromatic rings. The number of ether oxygens (including phenoxy) is 1. The topological polar surface area (TPSA) is 180 Å². The van der Waals surface area contributed by atoms with Gasteiger partial charge in [0.15, 0.2) is 0 Å². The molecule has 0 heterocycles. The fraction of sp³-hybridized carbons (Fsp3) is 0.541. The minimum atomic E-state index is -1.27. The van der Waals surface area contributed by atoms with Crippen LogP contribution in [0.4, 0.5) is 0 Å². The lowest BCUT2D eigenvalue weighted by atomic mass is 10.0. The van der Waals surface area contributed by atoms with Crippen molar-refractivity contribution >= 4 is 40.3 Å². The highest BCUT2D eigenvalue weighted by atomic mass is 32.2. The Labute approximate surface area is 299 Å². The molecule has 0 fully saturated rings. The number of carbonyl (C=O) groups excluding carboxylic acids is 4. The first-order chi connectivity index (χ1) is 23.9. The zero-order valence-electron chi connectivity index (χ0n) is 29.9. The molecule has 0 aliphatic carbocycles. The number of nitrogens with one attached hydrogen (secondary N) is 2. The van der Waals surface area contributed by atoms with Crippen molar-refractivity contribution in [2.45, 2.75) is 96.2 Å². The number of nitrogens with two attached hydrogens (primary N) is 1. The van der Waals surface area contributed by atoms with Gasteiger partial charge in [-0.05, 0) is 43.0 Å². The molecular weight excluding hydrogens is 659 g/mol. The van der Waals surface area contributed by atoms with Gasteiger partial charge in [-0.15, -0.1) is 0 Å². The van der Waals surface area contributed by atoms with E-state index in [1.54, 1.807) is 26.1 Å². The third-order valence-electron chi connectivity index (χ3n) is 8.04. The average Bonchev–Trinajstić information content (AvgIpc) is 3.08.